The molecule has 0 saturated heterocycles. The Morgan fingerprint density at radius 1 is 1.03 bits per heavy atom. The number of furan rings is 1. The van der Waals surface area contributed by atoms with Crippen LogP contribution in [0.25, 0.3) is 0 Å². The second-order valence-electron chi connectivity index (χ2n) is 6.87. The van der Waals surface area contributed by atoms with Crippen molar-refractivity contribution in [1.29, 1.82) is 0 Å². The highest BCUT2D eigenvalue weighted by Gasteiger charge is 2.22. The highest BCUT2D eigenvalue weighted by molar-refractivity contribution is 5.99. The molecule has 2 heterocycles. The Bertz CT molecular complexity index is 1060. The van der Waals surface area contributed by atoms with Crippen LogP contribution in [-0.2, 0) is 16.1 Å². The van der Waals surface area contributed by atoms with Crippen molar-refractivity contribution in [2.75, 3.05) is 23.8 Å². The molecule has 1 aliphatic rings. The first kappa shape index (κ1) is 20.3. The van der Waals surface area contributed by atoms with E-state index < -0.39 is 18.0 Å². The maximum absolute atomic E-state index is 12.7. The predicted molar refractivity (Wildman–Crippen MR) is 113 cm³/mol. The minimum Gasteiger partial charge on any atom is -0.486 e. The SMILES string of the molecule is CC(OC(=O)c1ccccc1NCc1ccco1)C(=O)Nc1ccc2c(c1)OCCO2. The summed E-state index contributed by atoms with van der Waals surface area (Å²) >= 11 is 0. The van der Waals surface area contributed by atoms with Crippen LogP contribution in [0.1, 0.15) is 23.0 Å². The number of anilines is 2. The minimum atomic E-state index is -1.00. The molecule has 2 N–H and O–H groups in total. The zero-order valence-corrected chi connectivity index (χ0v) is 16.9. The monoisotopic (exact) mass is 422 g/mol. The molecular weight excluding hydrogens is 400 g/mol. The van der Waals surface area contributed by atoms with Crippen LogP contribution < -0.4 is 20.1 Å². The van der Waals surface area contributed by atoms with Crippen molar-refractivity contribution in [3.05, 3.63) is 72.2 Å². The van der Waals surface area contributed by atoms with E-state index in [9.17, 15) is 9.59 Å². The summed E-state index contributed by atoms with van der Waals surface area (Å²) < 4.78 is 21.7. The second-order valence-corrected chi connectivity index (χ2v) is 6.87. The van der Waals surface area contributed by atoms with Gasteiger partial charge in [0, 0.05) is 17.4 Å². The molecule has 0 fully saturated rings. The molecule has 0 aliphatic carbocycles. The Labute approximate surface area is 179 Å². The fraction of sp³-hybridized carbons (Fsp3) is 0.217. The zero-order valence-electron chi connectivity index (χ0n) is 16.9. The molecule has 1 amide bonds. The molecule has 8 heteroatoms. The maximum Gasteiger partial charge on any atom is 0.341 e. The molecule has 31 heavy (non-hydrogen) atoms. The summed E-state index contributed by atoms with van der Waals surface area (Å²) in [5, 5.41) is 5.87. The van der Waals surface area contributed by atoms with Gasteiger partial charge in [0.1, 0.15) is 19.0 Å². The molecule has 1 unspecified atom stereocenters. The third kappa shape index (κ3) is 4.98. The molecule has 3 aromatic rings. The summed E-state index contributed by atoms with van der Waals surface area (Å²) in [5.41, 5.74) is 1.44. The Morgan fingerprint density at radius 3 is 2.65 bits per heavy atom. The van der Waals surface area contributed by atoms with Crippen molar-refractivity contribution in [3.63, 3.8) is 0 Å². The number of ether oxygens (including phenoxy) is 3. The summed E-state index contributed by atoms with van der Waals surface area (Å²) in [6, 6.07) is 15.7. The summed E-state index contributed by atoms with van der Waals surface area (Å²) in [5.74, 6) is 0.862. The van der Waals surface area contributed by atoms with E-state index in [1.807, 2.05) is 6.07 Å². The molecule has 1 aromatic heterocycles. The normalized spacial score (nSPS) is 13.2. The number of nitrogens with one attached hydrogen (secondary N) is 2. The average molecular weight is 422 g/mol. The van der Waals surface area contributed by atoms with Gasteiger partial charge in [-0.1, -0.05) is 12.1 Å². The van der Waals surface area contributed by atoms with Gasteiger partial charge in [-0.2, -0.15) is 0 Å². The third-order valence-electron chi connectivity index (χ3n) is 4.64. The van der Waals surface area contributed by atoms with E-state index in [4.69, 9.17) is 18.6 Å². The maximum atomic E-state index is 12.7. The van der Waals surface area contributed by atoms with E-state index in [1.165, 1.54) is 6.92 Å². The summed E-state index contributed by atoms with van der Waals surface area (Å²) in [6.45, 7) is 2.87. The number of hydrogen-bond donors (Lipinski definition) is 2. The number of carbonyl (C=O) groups excluding carboxylic acids is 2. The Balaban J connectivity index is 1.37. The summed E-state index contributed by atoms with van der Waals surface area (Å²) in [7, 11) is 0. The van der Waals surface area contributed by atoms with E-state index in [-0.39, 0.29) is 0 Å². The first-order valence-corrected chi connectivity index (χ1v) is 9.87. The highest BCUT2D eigenvalue weighted by Crippen LogP contribution is 2.32. The molecule has 1 atom stereocenters. The Morgan fingerprint density at radius 2 is 1.84 bits per heavy atom. The smallest absolute Gasteiger partial charge is 0.341 e. The van der Waals surface area contributed by atoms with Crippen LogP contribution in [0.2, 0.25) is 0 Å². The fourth-order valence-corrected chi connectivity index (χ4v) is 3.05. The number of benzene rings is 2. The highest BCUT2D eigenvalue weighted by atomic mass is 16.6. The fourth-order valence-electron chi connectivity index (χ4n) is 3.05. The quantitative estimate of drug-likeness (QED) is 0.558. The Hall–Kier alpha value is -3.94. The van der Waals surface area contributed by atoms with Gasteiger partial charge in [0.15, 0.2) is 17.6 Å². The zero-order chi connectivity index (χ0) is 21.6. The van der Waals surface area contributed by atoms with Crippen molar-refractivity contribution < 1.29 is 28.2 Å². The molecule has 4 rings (SSSR count). The lowest BCUT2D eigenvalue weighted by Gasteiger charge is -2.19. The van der Waals surface area contributed by atoms with Gasteiger partial charge in [-0.05, 0) is 43.3 Å². The van der Waals surface area contributed by atoms with E-state index in [0.29, 0.717) is 48.2 Å². The number of carbonyl (C=O) groups is 2. The van der Waals surface area contributed by atoms with Gasteiger partial charge in [0.05, 0.1) is 18.4 Å². The van der Waals surface area contributed by atoms with Crippen molar-refractivity contribution in [2.45, 2.75) is 19.6 Å². The van der Waals surface area contributed by atoms with Gasteiger partial charge in [0.25, 0.3) is 5.91 Å². The number of amides is 1. The topological polar surface area (TPSA) is 99.0 Å². The average Bonchev–Trinajstić information content (AvgIpc) is 3.31. The van der Waals surface area contributed by atoms with Crippen LogP contribution in [0.4, 0.5) is 11.4 Å². The lowest BCUT2D eigenvalue weighted by atomic mass is 10.1. The summed E-state index contributed by atoms with van der Waals surface area (Å²) in [6.07, 6.45) is 0.581. The molecule has 1 aliphatic heterocycles. The molecule has 0 saturated carbocycles. The van der Waals surface area contributed by atoms with Gasteiger partial charge < -0.3 is 29.3 Å². The van der Waals surface area contributed by atoms with Gasteiger partial charge >= 0.3 is 5.97 Å². The summed E-state index contributed by atoms with van der Waals surface area (Å²) in [4.78, 5) is 25.2. The van der Waals surface area contributed by atoms with Crippen LogP contribution in [0.3, 0.4) is 0 Å². The number of para-hydroxylation sites is 1. The Kier molecular flexibility index (Phi) is 6.07. The van der Waals surface area contributed by atoms with Gasteiger partial charge in [0.2, 0.25) is 0 Å². The minimum absolute atomic E-state index is 0.327. The van der Waals surface area contributed by atoms with E-state index >= 15 is 0 Å². The van der Waals surface area contributed by atoms with Crippen molar-refractivity contribution in [3.8, 4) is 11.5 Å². The van der Waals surface area contributed by atoms with E-state index in [2.05, 4.69) is 10.6 Å². The van der Waals surface area contributed by atoms with Gasteiger partial charge in [-0.3, -0.25) is 4.79 Å². The first-order chi connectivity index (χ1) is 15.1. The van der Waals surface area contributed by atoms with Crippen molar-refractivity contribution >= 4 is 23.3 Å². The van der Waals surface area contributed by atoms with Crippen molar-refractivity contribution in [2.24, 2.45) is 0 Å². The van der Waals surface area contributed by atoms with Crippen molar-refractivity contribution in [1.82, 2.24) is 0 Å². The molecule has 8 nitrogen and oxygen atoms in total. The predicted octanol–water partition coefficient (Wildman–Crippen LogP) is 3.85. The van der Waals surface area contributed by atoms with Crippen LogP contribution in [0, 0.1) is 0 Å². The number of fused-ring (bicyclic) bond motifs is 1. The van der Waals surface area contributed by atoms with E-state index in [1.54, 1.807) is 54.8 Å². The molecule has 160 valence electrons. The number of rotatable bonds is 7. The van der Waals surface area contributed by atoms with Crippen LogP contribution >= 0.6 is 0 Å². The van der Waals surface area contributed by atoms with Gasteiger partial charge in [-0.15, -0.1) is 0 Å². The second kappa shape index (κ2) is 9.25. The third-order valence-corrected chi connectivity index (χ3v) is 4.64. The molecule has 0 bridgehead atoms. The number of esters is 1. The van der Waals surface area contributed by atoms with E-state index in [0.717, 1.165) is 5.76 Å². The molecule has 2 aromatic carbocycles. The van der Waals surface area contributed by atoms with Crippen LogP contribution in [0.15, 0.2) is 65.3 Å². The van der Waals surface area contributed by atoms with Crippen LogP contribution in [0.5, 0.6) is 11.5 Å². The van der Waals surface area contributed by atoms with Crippen LogP contribution in [-0.4, -0.2) is 31.2 Å². The lowest BCUT2D eigenvalue weighted by molar-refractivity contribution is -0.123. The lowest BCUT2D eigenvalue weighted by Crippen LogP contribution is -2.30. The molecule has 0 radical (unpaired) electrons. The molecular formula is C23H22N2O6. The standard InChI is InChI=1S/C23H22N2O6/c1-15(22(26)25-16-8-9-20-21(13-16)30-12-11-29-20)31-23(27)18-6-2-3-7-19(18)24-14-17-5-4-10-28-17/h2-10,13,15,24H,11-12,14H2,1H3,(H,25,26). The molecule has 0 spiro atoms. The first-order valence-electron chi connectivity index (χ1n) is 9.87. The number of hydrogen-bond acceptors (Lipinski definition) is 7. The largest absolute Gasteiger partial charge is 0.486 e. The van der Waals surface area contributed by atoms with Gasteiger partial charge in [-0.25, -0.2) is 4.79 Å².